The lowest BCUT2D eigenvalue weighted by atomic mass is 10.2. The Hall–Kier alpha value is -2.10. The van der Waals surface area contributed by atoms with Gasteiger partial charge in [0, 0.05) is 11.6 Å². The molecule has 1 aromatic rings. The minimum atomic E-state index is -0.981. The maximum absolute atomic E-state index is 10.0. The van der Waals surface area contributed by atoms with Crippen LogP contribution in [0.1, 0.15) is 10.4 Å². The molecule has 0 aromatic heterocycles. The smallest absolute Gasteiger partial charge is 0.327 e. The van der Waals surface area contributed by atoms with Crippen molar-refractivity contribution >= 4 is 12.3 Å². The second-order valence-corrected chi connectivity index (χ2v) is 2.25. The molecule has 0 saturated heterocycles. The van der Waals surface area contributed by atoms with Crippen LogP contribution in [0.3, 0.4) is 0 Å². The van der Waals surface area contributed by atoms with E-state index in [0.29, 0.717) is 5.56 Å². The fourth-order valence-corrected chi connectivity index (χ4v) is 0.553. The third-order valence-electron chi connectivity index (χ3n) is 1.20. The van der Waals surface area contributed by atoms with E-state index in [0.717, 1.165) is 12.4 Å². The number of carbonyl (C=O) groups is 2. The maximum Gasteiger partial charge on any atom is 0.327 e. The Bertz CT molecular complexity index is 313. The highest BCUT2D eigenvalue weighted by molar-refractivity contribution is 5.78. The first-order chi connectivity index (χ1) is 6.60. The lowest BCUT2D eigenvalue weighted by molar-refractivity contribution is -0.131. The van der Waals surface area contributed by atoms with Crippen molar-refractivity contribution in [2.45, 2.75) is 0 Å². The van der Waals surface area contributed by atoms with Gasteiger partial charge in [-0.1, -0.05) is 6.58 Å². The number of phenolic OH excluding ortho intramolecular Hbond substituents is 1. The number of carboxylic acid groups (broad SMARTS) is 1. The van der Waals surface area contributed by atoms with Crippen LogP contribution in [0.15, 0.2) is 36.9 Å². The summed E-state index contributed by atoms with van der Waals surface area (Å²) in [5, 5.41) is 16.3. The Kier molecular flexibility index (Phi) is 5.46. The zero-order chi connectivity index (χ0) is 11.0. The summed E-state index contributed by atoms with van der Waals surface area (Å²) in [6.45, 7) is 2.96. The van der Waals surface area contributed by atoms with E-state index >= 15 is 0 Å². The molecule has 0 atom stereocenters. The monoisotopic (exact) mass is 194 g/mol. The highest BCUT2D eigenvalue weighted by Gasteiger charge is 1.86. The van der Waals surface area contributed by atoms with E-state index in [9.17, 15) is 9.59 Å². The van der Waals surface area contributed by atoms with Gasteiger partial charge in [-0.05, 0) is 24.3 Å². The summed E-state index contributed by atoms with van der Waals surface area (Å²) in [5.41, 5.74) is 0.577. The molecule has 0 saturated carbocycles. The first kappa shape index (κ1) is 11.9. The van der Waals surface area contributed by atoms with Gasteiger partial charge in [0.25, 0.3) is 0 Å². The molecule has 0 aliphatic heterocycles. The summed E-state index contributed by atoms with van der Waals surface area (Å²) >= 11 is 0. The molecule has 0 fully saturated rings. The molecule has 0 heterocycles. The molecular weight excluding hydrogens is 184 g/mol. The Labute approximate surface area is 81.1 Å². The molecule has 1 aromatic carbocycles. The van der Waals surface area contributed by atoms with Crippen molar-refractivity contribution in [2.75, 3.05) is 0 Å². The van der Waals surface area contributed by atoms with Crippen LogP contribution in [0.25, 0.3) is 0 Å². The molecule has 4 nitrogen and oxygen atoms in total. The van der Waals surface area contributed by atoms with Gasteiger partial charge in [0.05, 0.1) is 0 Å². The number of hydrogen-bond acceptors (Lipinski definition) is 3. The number of aliphatic carboxylic acids is 1. The molecule has 0 radical (unpaired) electrons. The predicted octanol–water partition coefficient (Wildman–Crippen LogP) is 1.46. The van der Waals surface area contributed by atoms with Crippen molar-refractivity contribution in [3.8, 4) is 5.75 Å². The van der Waals surface area contributed by atoms with Gasteiger partial charge in [-0.3, -0.25) is 4.79 Å². The lowest BCUT2D eigenvalue weighted by Crippen LogP contribution is -1.82. The van der Waals surface area contributed by atoms with E-state index in [4.69, 9.17) is 10.2 Å². The molecule has 2 N–H and O–H groups in total. The highest BCUT2D eigenvalue weighted by Crippen LogP contribution is 2.07. The molecule has 74 valence electrons. The van der Waals surface area contributed by atoms with Gasteiger partial charge in [0.1, 0.15) is 12.0 Å². The van der Waals surface area contributed by atoms with Gasteiger partial charge >= 0.3 is 5.97 Å². The quantitative estimate of drug-likeness (QED) is 0.552. The van der Waals surface area contributed by atoms with Crippen LogP contribution >= 0.6 is 0 Å². The standard InChI is InChI=1S/C7H6O2.C3H4O2/c8-5-6-1-3-7(9)4-2-6;1-2-3(4)5/h1-5,9H;2H,1H2,(H,4,5). The molecule has 0 aliphatic rings. The van der Waals surface area contributed by atoms with Crippen LogP contribution in [0.5, 0.6) is 5.75 Å². The lowest BCUT2D eigenvalue weighted by Gasteiger charge is -1.88. The third kappa shape index (κ3) is 5.54. The number of aromatic hydroxyl groups is 1. The number of hydrogen-bond donors (Lipinski definition) is 2. The van der Waals surface area contributed by atoms with Gasteiger partial charge < -0.3 is 10.2 Å². The Morgan fingerprint density at radius 2 is 1.71 bits per heavy atom. The molecule has 0 bridgehead atoms. The van der Waals surface area contributed by atoms with Gasteiger partial charge in [0.2, 0.25) is 0 Å². The summed E-state index contributed by atoms with van der Waals surface area (Å²) < 4.78 is 0. The molecule has 1 rings (SSSR count). The van der Waals surface area contributed by atoms with E-state index < -0.39 is 5.97 Å². The maximum atomic E-state index is 10.0. The van der Waals surface area contributed by atoms with Crippen molar-refractivity contribution in [2.24, 2.45) is 0 Å². The summed E-state index contributed by atoms with van der Waals surface area (Å²) in [5.74, 6) is -0.800. The minimum absolute atomic E-state index is 0.181. The van der Waals surface area contributed by atoms with E-state index in [1.54, 1.807) is 12.1 Å². The summed E-state index contributed by atoms with van der Waals surface area (Å²) in [6.07, 6.45) is 1.57. The summed E-state index contributed by atoms with van der Waals surface area (Å²) in [4.78, 5) is 19.3. The van der Waals surface area contributed by atoms with Crippen LogP contribution in [0, 0.1) is 0 Å². The highest BCUT2D eigenvalue weighted by atomic mass is 16.4. The van der Waals surface area contributed by atoms with Gasteiger partial charge in [-0.25, -0.2) is 4.79 Å². The van der Waals surface area contributed by atoms with Gasteiger partial charge in [0.15, 0.2) is 0 Å². The fourth-order valence-electron chi connectivity index (χ4n) is 0.553. The van der Waals surface area contributed by atoms with Crippen molar-refractivity contribution in [1.29, 1.82) is 0 Å². The first-order valence-corrected chi connectivity index (χ1v) is 3.69. The fraction of sp³-hybridized carbons (Fsp3) is 0. The normalized spacial score (nSPS) is 8.00. The topological polar surface area (TPSA) is 74.6 Å². The number of carbonyl (C=O) groups excluding carboxylic acids is 1. The molecule has 0 aliphatic carbocycles. The van der Waals surface area contributed by atoms with Crippen molar-refractivity contribution in [1.82, 2.24) is 0 Å². The molecule has 0 unspecified atom stereocenters. The second-order valence-electron chi connectivity index (χ2n) is 2.25. The number of aldehydes is 1. The van der Waals surface area contributed by atoms with Crippen LogP contribution in [0.4, 0.5) is 0 Å². The molecular formula is C10H10O4. The van der Waals surface area contributed by atoms with Crippen LogP contribution < -0.4 is 0 Å². The molecule has 0 amide bonds. The van der Waals surface area contributed by atoms with E-state index in [1.807, 2.05) is 0 Å². The minimum Gasteiger partial charge on any atom is -0.508 e. The van der Waals surface area contributed by atoms with Gasteiger partial charge in [-0.15, -0.1) is 0 Å². The zero-order valence-electron chi connectivity index (χ0n) is 7.38. The first-order valence-electron chi connectivity index (χ1n) is 3.69. The van der Waals surface area contributed by atoms with Crippen molar-refractivity contribution in [3.05, 3.63) is 42.5 Å². The Morgan fingerprint density at radius 3 is 2.00 bits per heavy atom. The van der Waals surface area contributed by atoms with Crippen LogP contribution in [-0.4, -0.2) is 22.5 Å². The van der Waals surface area contributed by atoms with E-state index in [2.05, 4.69) is 6.58 Å². The SMILES string of the molecule is C=CC(=O)O.O=Cc1ccc(O)cc1. The predicted molar refractivity (Wildman–Crippen MR) is 51.3 cm³/mol. The molecule has 14 heavy (non-hydrogen) atoms. The average molecular weight is 194 g/mol. The number of benzene rings is 1. The molecule has 0 spiro atoms. The third-order valence-corrected chi connectivity index (χ3v) is 1.20. The molecule has 4 heteroatoms. The largest absolute Gasteiger partial charge is 0.508 e. The van der Waals surface area contributed by atoms with Crippen molar-refractivity contribution in [3.63, 3.8) is 0 Å². The number of carboxylic acids is 1. The number of phenols is 1. The second kappa shape index (κ2) is 6.42. The number of rotatable bonds is 2. The summed E-state index contributed by atoms with van der Waals surface area (Å²) in [7, 11) is 0. The Balaban J connectivity index is 0.000000292. The van der Waals surface area contributed by atoms with Crippen LogP contribution in [0.2, 0.25) is 0 Å². The van der Waals surface area contributed by atoms with E-state index in [-0.39, 0.29) is 5.75 Å². The van der Waals surface area contributed by atoms with E-state index in [1.165, 1.54) is 12.1 Å². The summed E-state index contributed by atoms with van der Waals surface area (Å²) in [6, 6.07) is 6.07. The average Bonchev–Trinajstić information content (AvgIpc) is 2.20. The Morgan fingerprint density at radius 1 is 1.29 bits per heavy atom. The van der Waals surface area contributed by atoms with Crippen LogP contribution in [-0.2, 0) is 4.79 Å². The van der Waals surface area contributed by atoms with Crippen molar-refractivity contribution < 1.29 is 19.8 Å². The zero-order valence-corrected chi connectivity index (χ0v) is 7.38. The van der Waals surface area contributed by atoms with Gasteiger partial charge in [-0.2, -0.15) is 0 Å².